The molecule has 8 aromatic heterocycles. The van der Waals surface area contributed by atoms with Gasteiger partial charge < -0.3 is 0 Å². The number of nitriles is 1. The first-order valence-electron chi connectivity index (χ1n) is 15.1. The maximum absolute atomic E-state index is 8.82. The molecule has 0 fully saturated rings. The second-order valence-corrected chi connectivity index (χ2v) is 16.0. The molecule has 0 aromatic carbocycles. The van der Waals surface area contributed by atoms with Gasteiger partial charge in [-0.25, -0.2) is 24.9 Å². The lowest BCUT2D eigenvalue weighted by Crippen LogP contribution is -1.92. The number of rotatable bonds is 5. The van der Waals surface area contributed by atoms with Crippen LogP contribution in [-0.2, 0) is 0 Å². The van der Waals surface area contributed by atoms with Crippen LogP contribution in [0.3, 0.4) is 0 Å². The Kier molecular flexibility index (Phi) is 13.6. The molecule has 0 aliphatic rings. The first kappa shape index (κ1) is 39.2. The minimum Gasteiger partial charge on any atom is -0.258 e. The van der Waals surface area contributed by atoms with Crippen molar-refractivity contribution < 1.29 is 0 Å². The molecule has 19 heteroatoms. The van der Waals surface area contributed by atoms with Gasteiger partial charge in [-0.1, -0.05) is 95.6 Å². The van der Waals surface area contributed by atoms with Crippen molar-refractivity contribution in [3.05, 3.63) is 137 Å². The number of hydrogen-bond donors (Lipinski definition) is 2. The van der Waals surface area contributed by atoms with Gasteiger partial charge in [0.15, 0.2) is 11.6 Å². The number of hydrogen-bond acceptors (Lipinski definition) is 11. The second-order valence-electron chi connectivity index (χ2n) is 10.5. The first-order chi connectivity index (χ1) is 26.1. The van der Waals surface area contributed by atoms with Crippen molar-refractivity contribution in [3.63, 3.8) is 0 Å². The average molecular weight is 1100 g/mol. The van der Waals surface area contributed by atoms with E-state index in [-0.39, 0.29) is 0 Å². The largest absolute Gasteiger partial charge is 0.258 e. The summed E-state index contributed by atoms with van der Waals surface area (Å²) >= 11 is 20.5. The van der Waals surface area contributed by atoms with E-state index in [1.807, 2.05) is 72.8 Å². The van der Waals surface area contributed by atoms with Gasteiger partial charge in [-0.3, -0.25) is 25.1 Å². The van der Waals surface area contributed by atoms with Crippen molar-refractivity contribution in [2.45, 2.75) is 0 Å². The van der Waals surface area contributed by atoms with Crippen molar-refractivity contribution in [1.29, 1.82) is 5.26 Å². The van der Waals surface area contributed by atoms with E-state index in [0.29, 0.717) is 34.4 Å². The zero-order valence-electron chi connectivity index (χ0n) is 27.0. The quantitative estimate of drug-likeness (QED) is 0.167. The van der Waals surface area contributed by atoms with Gasteiger partial charge in [0, 0.05) is 45.4 Å². The van der Waals surface area contributed by atoms with Crippen LogP contribution in [-0.4, -0.2) is 60.3 Å². The van der Waals surface area contributed by atoms with Crippen LogP contribution in [0.1, 0.15) is 5.69 Å². The van der Waals surface area contributed by atoms with E-state index in [1.165, 1.54) is 12.7 Å². The molecule has 8 aromatic rings. The normalized spacial score (nSPS) is 10.4. The summed E-state index contributed by atoms with van der Waals surface area (Å²) in [4.78, 5) is 34.3. The first-order valence-corrected chi connectivity index (χ1v) is 19.9. The predicted octanol–water partition coefficient (Wildman–Crippen LogP) is 10.4. The maximum atomic E-state index is 8.82. The van der Waals surface area contributed by atoms with Crippen molar-refractivity contribution in [2.24, 2.45) is 0 Å². The SMILES string of the molecule is Brc1ccnc(-c2cc(Br)cc(-c3ncn[nH]3)n2)c1.Brc1ccnc(-c2cc(Br)cc(-c3ncn[nH]3)n2)c1.N#Cc1cc(Br)cc(-c2cc(Br)ccn2)n1. The Morgan fingerprint density at radius 3 is 1.11 bits per heavy atom. The lowest BCUT2D eigenvalue weighted by Gasteiger charge is -2.04. The second kappa shape index (κ2) is 18.7. The summed E-state index contributed by atoms with van der Waals surface area (Å²) in [7, 11) is 0. The van der Waals surface area contributed by atoms with Gasteiger partial charge in [0.2, 0.25) is 0 Å². The molecule has 0 bridgehead atoms. The standard InChI is InChI=1S/2C12H7Br2N5.C11H5Br2N3/c2*13-7-1-2-15-9(3-7)10-4-8(14)5-11(18-10)12-16-6-17-19-12;12-7-1-2-15-10(4-7)11-5-8(13)3-9(6-14)16-11/h2*1-6H,(H,16,17,19);1-5H. The van der Waals surface area contributed by atoms with Gasteiger partial charge in [-0.15, -0.1) is 0 Å². The van der Waals surface area contributed by atoms with Crippen molar-refractivity contribution in [3.8, 4) is 63.3 Å². The number of nitrogens with one attached hydrogen (secondary N) is 2. The van der Waals surface area contributed by atoms with Crippen LogP contribution in [0.15, 0.2) is 131 Å². The summed E-state index contributed by atoms with van der Waals surface area (Å²) < 4.78 is 5.48. The zero-order valence-corrected chi connectivity index (χ0v) is 36.5. The van der Waals surface area contributed by atoms with Crippen LogP contribution in [0.5, 0.6) is 0 Å². The molecule has 0 saturated heterocycles. The van der Waals surface area contributed by atoms with Gasteiger partial charge >= 0.3 is 0 Å². The molecule has 2 N–H and O–H groups in total. The van der Waals surface area contributed by atoms with Crippen LogP contribution in [0, 0.1) is 11.3 Å². The number of aromatic amines is 2. The smallest absolute Gasteiger partial charge is 0.174 e. The number of H-pyrrole nitrogens is 2. The van der Waals surface area contributed by atoms with E-state index in [0.717, 1.165) is 55.3 Å². The molecule has 0 unspecified atom stereocenters. The Bertz CT molecular complexity index is 2440. The Labute approximate surface area is 357 Å². The molecule has 0 saturated carbocycles. The highest BCUT2D eigenvalue weighted by molar-refractivity contribution is 9.11. The van der Waals surface area contributed by atoms with Crippen molar-refractivity contribution in [1.82, 2.24) is 60.3 Å². The van der Waals surface area contributed by atoms with Crippen LogP contribution in [0.25, 0.3) is 57.2 Å². The minimum absolute atomic E-state index is 0.367. The number of aromatic nitrogens is 12. The third-order valence-corrected chi connectivity index (χ3v) is 9.61. The number of pyridine rings is 6. The topological polar surface area (TPSA) is 184 Å². The van der Waals surface area contributed by atoms with Crippen LogP contribution >= 0.6 is 95.6 Å². The van der Waals surface area contributed by atoms with Gasteiger partial charge in [0.05, 0.1) is 34.2 Å². The maximum Gasteiger partial charge on any atom is 0.174 e. The number of nitrogens with zero attached hydrogens (tertiary/aromatic N) is 11. The van der Waals surface area contributed by atoms with Crippen LogP contribution in [0.2, 0.25) is 0 Å². The predicted molar refractivity (Wildman–Crippen MR) is 224 cm³/mol. The fourth-order valence-electron chi connectivity index (χ4n) is 4.48. The Morgan fingerprint density at radius 2 is 0.759 bits per heavy atom. The van der Waals surface area contributed by atoms with Crippen molar-refractivity contribution >= 4 is 95.6 Å². The third kappa shape index (κ3) is 10.8. The fraction of sp³-hybridized carbons (Fsp3) is 0. The molecular weight excluding hydrogens is 1080 g/mol. The highest BCUT2D eigenvalue weighted by Gasteiger charge is 2.11. The molecule has 13 nitrogen and oxygen atoms in total. The average Bonchev–Trinajstić information content (AvgIpc) is 3.91. The lowest BCUT2D eigenvalue weighted by atomic mass is 10.2. The molecule has 8 rings (SSSR count). The lowest BCUT2D eigenvalue weighted by molar-refractivity contribution is 1.08. The number of halogens is 6. The van der Waals surface area contributed by atoms with Crippen LogP contribution < -0.4 is 0 Å². The Hall–Kier alpha value is -4.45. The highest BCUT2D eigenvalue weighted by Crippen LogP contribution is 2.28. The van der Waals surface area contributed by atoms with E-state index in [1.54, 1.807) is 24.7 Å². The molecule has 0 atom stereocenters. The summed E-state index contributed by atoms with van der Waals surface area (Å²) in [6, 6.07) is 24.4. The van der Waals surface area contributed by atoms with E-state index in [2.05, 4.69) is 156 Å². The third-order valence-electron chi connectivity index (χ3n) is 6.75. The molecule has 0 amide bonds. The minimum atomic E-state index is 0.367. The molecule has 54 heavy (non-hydrogen) atoms. The molecule has 8 heterocycles. The van der Waals surface area contributed by atoms with Gasteiger partial charge in [-0.2, -0.15) is 15.5 Å². The summed E-state index contributed by atoms with van der Waals surface area (Å²) in [5, 5.41) is 22.1. The summed E-state index contributed by atoms with van der Waals surface area (Å²) in [5.41, 5.74) is 6.30. The summed E-state index contributed by atoms with van der Waals surface area (Å²) in [6.45, 7) is 0. The molecule has 266 valence electrons. The molecule has 0 radical (unpaired) electrons. The van der Waals surface area contributed by atoms with E-state index in [4.69, 9.17) is 5.26 Å². The van der Waals surface area contributed by atoms with Gasteiger partial charge in [0.1, 0.15) is 35.8 Å². The molecular formula is C35H19Br6N13. The molecule has 0 spiro atoms. The molecule has 0 aliphatic carbocycles. The van der Waals surface area contributed by atoms with Gasteiger partial charge in [0.25, 0.3) is 0 Å². The van der Waals surface area contributed by atoms with Gasteiger partial charge in [-0.05, 0) is 72.8 Å². The monoisotopic (exact) mass is 1090 g/mol. The van der Waals surface area contributed by atoms with Crippen molar-refractivity contribution in [2.75, 3.05) is 0 Å². The highest BCUT2D eigenvalue weighted by atomic mass is 79.9. The van der Waals surface area contributed by atoms with E-state index in [9.17, 15) is 0 Å². The zero-order chi connectivity index (χ0) is 38.0. The van der Waals surface area contributed by atoms with Crippen LogP contribution in [0.4, 0.5) is 0 Å². The van der Waals surface area contributed by atoms with E-state index >= 15 is 0 Å². The fourth-order valence-corrected chi connectivity index (χ4v) is 6.78. The molecule has 0 aliphatic heterocycles. The summed E-state index contributed by atoms with van der Waals surface area (Å²) in [6.07, 6.45) is 8.06. The Balaban J connectivity index is 0.000000139. The summed E-state index contributed by atoms with van der Waals surface area (Å²) in [5.74, 6) is 1.25. The Morgan fingerprint density at radius 1 is 0.407 bits per heavy atom. The van der Waals surface area contributed by atoms with E-state index < -0.39 is 0 Å².